The van der Waals surface area contributed by atoms with Crippen molar-refractivity contribution in [3.8, 4) is 5.75 Å². The topological polar surface area (TPSA) is 113 Å². The van der Waals surface area contributed by atoms with Gasteiger partial charge in [-0.05, 0) is 0 Å². The van der Waals surface area contributed by atoms with Crippen LogP contribution in [0.15, 0.2) is 12.1 Å². The van der Waals surface area contributed by atoms with Gasteiger partial charge in [-0.3, -0.25) is 10.1 Å². The first kappa shape index (κ1) is 15.0. The van der Waals surface area contributed by atoms with Gasteiger partial charge in [0.1, 0.15) is 6.61 Å². The van der Waals surface area contributed by atoms with Crippen molar-refractivity contribution in [2.45, 2.75) is 0 Å². The Balaban J connectivity index is 2.87. The Hall–Kier alpha value is -1.09. The van der Waals surface area contributed by atoms with Crippen molar-refractivity contribution in [1.82, 2.24) is 0 Å². The van der Waals surface area contributed by atoms with Gasteiger partial charge < -0.3 is 4.74 Å². The van der Waals surface area contributed by atoms with Crippen molar-refractivity contribution >= 4 is 38.9 Å². The van der Waals surface area contributed by atoms with Gasteiger partial charge in [-0.25, -0.2) is 13.6 Å². The molecule has 1 aromatic rings. The van der Waals surface area contributed by atoms with E-state index in [2.05, 4.69) is 0 Å². The highest BCUT2D eigenvalue weighted by Crippen LogP contribution is 2.36. The molecule has 7 nitrogen and oxygen atoms in total. The fraction of sp³-hybridized carbons (Fsp3) is 0.250. The summed E-state index contributed by atoms with van der Waals surface area (Å²) in [5.41, 5.74) is -0.288. The number of sulfonamides is 1. The number of halogens is 2. The molecule has 0 heterocycles. The Morgan fingerprint density at radius 3 is 2.22 bits per heavy atom. The molecule has 100 valence electrons. The van der Waals surface area contributed by atoms with Crippen LogP contribution in [0.25, 0.3) is 0 Å². The van der Waals surface area contributed by atoms with E-state index in [1.165, 1.54) is 0 Å². The molecular formula is C8H8Cl2N2O5S. The number of nitrogens with two attached hydrogens (primary N) is 1. The van der Waals surface area contributed by atoms with Crippen molar-refractivity contribution in [1.29, 1.82) is 0 Å². The molecule has 0 aliphatic carbocycles. The SMILES string of the molecule is NS(=O)(=O)CCOc1c(Cl)cc([N+](=O)[O-])cc1Cl. The summed E-state index contributed by atoms with van der Waals surface area (Å²) in [4.78, 5) is 9.85. The minimum absolute atomic E-state index is 0.0208. The lowest BCUT2D eigenvalue weighted by Crippen LogP contribution is -2.21. The molecule has 0 aromatic heterocycles. The number of benzene rings is 1. The van der Waals surface area contributed by atoms with Crippen molar-refractivity contribution < 1.29 is 18.1 Å². The standard InChI is InChI=1S/C8H8Cl2N2O5S/c9-6-3-5(12(13)14)4-7(10)8(6)17-1-2-18(11,15)16/h3-4H,1-2H2,(H2,11,15,16). The first-order chi connectivity index (χ1) is 8.20. The van der Waals surface area contributed by atoms with E-state index < -0.39 is 20.7 Å². The zero-order valence-corrected chi connectivity index (χ0v) is 11.1. The number of nitro benzene ring substituents is 1. The third-order valence-electron chi connectivity index (χ3n) is 1.81. The lowest BCUT2D eigenvalue weighted by Gasteiger charge is -2.08. The summed E-state index contributed by atoms with van der Waals surface area (Å²) in [5, 5.41) is 15.1. The smallest absolute Gasteiger partial charge is 0.272 e. The van der Waals surface area contributed by atoms with Crippen LogP contribution in [-0.2, 0) is 10.0 Å². The van der Waals surface area contributed by atoms with Crippen LogP contribution in [0.3, 0.4) is 0 Å². The summed E-state index contributed by atoms with van der Waals surface area (Å²) >= 11 is 11.5. The molecule has 0 unspecified atom stereocenters. The molecule has 0 bridgehead atoms. The van der Waals surface area contributed by atoms with Crippen molar-refractivity contribution in [3.05, 3.63) is 32.3 Å². The predicted octanol–water partition coefficient (Wildman–Crippen LogP) is 1.57. The Bertz CT molecular complexity index is 552. The van der Waals surface area contributed by atoms with E-state index in [1.54, 1.807) is 0 Å². The van der Waals surface area contributed by atoms with Crippen molar-refractivity contribution in [2.75, 3.05) is 12.4 Å². The second kappa shape index (κ2) is 5.70. The molecule has 0 saturated carbocycles. The number of primary sulfonamides is 1. The quantitative estimate of drug-likeness (QED) is 0.654. The number of nitro groups is 1. The van der Waals surface area contributed by atoms with Gasteiger partial charge in [0.25, 0.3) is 5.69 Å². The third-order valence-corrected chi connectivity index (χ3v) is 3.11. The van der Waals surface area contributed by atoms with Crippen molar-refractivity contribution in [3.63, 3.8) is 0 Å². The van der Waals surface area contributed by atoms with Crippen LogP contribution >= 0.6 is 23.2 Å². The molecular weight excluding hydrogens is 307 g/mol. The average molecular weight is 315 g/mol. The van der Waals surface area contributed by atoms with Gasteiger partial charge in [0.15, 0.2) is 5.75 Å². The fourth-order valence-corrected chi connectivity index (χ4v) is 1.95. The number of nitrogens with zero attached hydrogens (tertiary/aromatic N) is 1. The van der Waals surface area contributed by atoms with Crippen LogP contribution in [0, 0.1) is 10.1 Å². The van der Waals surface area contributed by atoms with Crippen LogP contribution in [-0.4, -0.2) is 25.7 Å². The number of hydrogen-bond donors (Lipinski definition) is 1. The van der Waals surface area contributed by atoms with Crippen LogP contribution in [0.4, 0.5) is 5.69 Å². The van der Waals surface area contributed by atoms with Crippen LogP contribution in [0.5, 0.6) is 5.75 Å². The molecule has 18 heavy (non-hydrogen) atoms. The molecule has 1 rings (SSSR count). The van der Waals surface area contributed by atoms with Gasteiger partial charge in [-0.15, -0.1) is 0 Å². The van der Waals surface area contributed by atoms with Crippen LogP contribution < -0.4 is 9.88 Å². The number of rotatable bonds is 5. The molecule has 0 amide bonds. The predicted molar refractivity (Wildman–Crippen MR) is 66.6 cm³/mol. The van der Waals surface area contributed by atoms with Crippen molar-refractivity contribution in [2.24, 2.45) is 5.14 Å². The van der Waals surface area contributed by atoms with E-state index in [9.17, 15) is 18.5 Å². The molecule has 0 aliphatic rings. The Morgan fingerprint density at radius 2 is 1.83 bits per heavy atom. The largest absolute Gasteiger partial charge is 0.489 e. The molecule has 2 N–H and O–H groups in total. The van der Waals surface area contributed by atoms with E-state index in [0.717, 1.165) is 12.1 Å². The normalized spacial score (nSPS) is 11.3. The summed E-state index contributed by atoms with van der Waals surface area (Å²) in [6, 6.07) is 2.11. The molecule has 0 saturated heterocycles. The summed E-state index contributed by atoms with van der Waals surface area (Å²) in [5.74, 6) is -0.441. The molecule has 1 aromatic carbocycles. The summed E-state index contributed by atoms with van der Waals surface area (Å²) < 4.78 is 26.4. The average Bonchev–Trinajstić information content (AvgIpc) is 2.20. The summed E-state index contributed by atoms with van der Waals surface area (Å²) in [6.45, 7) is -0.254. The van der Waals surface area contributed by atoms with Gasteiger partial charge in [-0.1, -0.05) is 23.2 Å². The van der Waals surface area contributed by atoms with Crippen LogP contribution in [0.2, 0.25) is 10.0 Å². The summed E-state index contributed by atoms with van der Waals surface area (Å²) in [7, 11) is -3.66. The lowest BCUT2D eigenvalue weighted by atomic mass is 10.3. The van der Waals surface area contributed by atoms with E-state index >= 15 is 0 Å². The fourth-order valence-electron chi connectivity index (χ4n) is 1.05. The minimum atomic E-state index is -3.66. The lowest BCUT2D eigenvalue weighted by molar-refractivity contribution is -0.384. The summed E-state index contributed by atoms with van der Waals surface area (Å²) in [6.07, 6.45) is 0. The van der Waals surface area contributed by atoms with E-state index in [1.807, 2.05) is 0 Å². The highest BCUT2D eigenvalue weighted by molar-refractivity contribution is 7.89. The van der Waals surface area contributed by atoms with Crippen LogP contribution in [0.1, 0.15) is 0 Å². The number of non-ortho nitro benzene ring substituents is 1. The second-order valence-electron chi connectivity index (χ2n) is 3.21. The molecule has 0 aliphatic heterocycles. The zero-order chi connectivity index (χ0) is 13.9. The Morgan fingerprint density at radius 1 is 1.33 bits per heavy atom. The van der Waals surface area contributed by atoms with Gasteiger partial charge in [0, 0.05) is 12.1 Å². The van der Waals surface area contributed by atoms with Gasteiger partial charge >= 0.3 is 0 Å². The maximum Gasteiger partial charge on any atom is 0.272 e. The Labute approximate surface area is 113 Å². The first-order valence-electron chi connectivity index (χ1n) is 4.47. The van der Waals surface area contributed by atoms with E-state index in [-0.39, 0.29) is 28.1 Å². The Kier molecular flexibility index (Phi) is 4.74. The molecule has 0 radical (unpaired) electrons. The molecule has 0 atom stereocenters. The van der Waals surface area contributed by atoms with Gasteiger partial charge in [-0.2, -0.15) is 0 Å². The molecule has 10 heteroatoms. The zero-order valence-electron chi connectivity index (χ0n) is 8.80. The second-order valence-corrected chi connectivity index (χ2v) is 5.76. The van der Waals surface area contributed by atoms with E-state index in [4.69, 9.17) is 33.1 Å². The molecule has 0 fully saturated rings. The maximum absolute atomic E-state index is 10.7. The number of hydrogen-bond acceptors (Lipinski definition) is 5. The maximum atomic E-state index is 10.7. The van der Waals surface area contributed by atoms with Gasteiger partial charge in [0.05, 0.1) is 20.7 Å². The monoisotopic (exact) mass is 314 g/mol. The number of ether oxygens (including phenoxy) is 1. The third kappa shape index (κ3) is 4.30. The highest BCUT2D eigenvalue weighted by Gasteiger charge is 2.16. The van der Waals surface area contributed by atoms with Gasteiger partial charge in [0.2, 0.25) is 10.0 Å². The minimum Gasteiger partial charge on any atom is -0.489 e. The molecule has 0 spiro atoms. The highest BCUT2D eigenvalue weighted by atomic mass is 35.5. The van der Waals surface area contributed by atoms with E-state index in [0.29, 0.717) is 0 Å². The first-order valence-corrected chi connectivity index (χ1v) is 6.94.